The van der Waals surface area contributed by atoms with Crippen molar-refractivity contribution >= 4 is 17.8 Å². The van der Waals surface area contributed by atoms with Gasteiger partial charge < -0.3 is 19.9 Å². The summed E-state index contributed by atoms with van der Waals surface area (Å²) < 4.78 is 9.51. The number of carbonyl (C=O) groups excluding carboxylic acids is 3. The second kappa shape index (κ2) is 8.90. The molecule has 1 atom stereocenters. The van der Waals surface area contributed by atoms with Gasteiger partial charge >= 0.3 is 11.9 Å². The monoisotopic (exact) mass is 337 g/mol. The summed E-state index contributed by atoms with van der Waals surface area (Å²) in [6.07, 6.45) is 0.408. The fraction of sp³-hybridized carbons (Fsp3) is 0.471. The molecule has 0 aromatic heterocycles. The number of phenolic OH excluding ortho intramolecular Hbond substituents is 1. The molecule has 7 heteroatoms. The van der Waals surface area contributed by atoms with E-state index in [4.69, 9.17) is 4.74 Å². The lowest BCUT2D eigenvalue weighted by atomic mass is 10.0. The maximum Gasteiger partial charge on any atom is 0.342 e. The van der Waals surface area contributed by atoms with Gasteiger partial charge in [0, 0.05) is 0 Å². The summed E-state index contributed by atoms with van der Waals surface area (Å²) in [4.78, 5) is 35.4. The molecule has 0 spiro atoms. The predicted molar refractivity (Wildman–Crippen MR) is 86.5 cm³/mol. The van der Waals surface area contributed by atoms with Crippen molar-refractivity contribution in [1.82, 2.24) is 5.32 Å². The normalized spacial score (nSPS) is 11.7. The number of esters is 2. The maximum atomic E-state index is 11.9. The van der Waals surface area contributed by atoms with Gasteiger partial charge in [0.15, 0.2) is 6.61 Å². The lowest BCUT2D eigenvalue weighted by Crippen LogP contribution is -2.44. The number of hydrogen-bond acceptors (Lipinski definition) is 6. The molecule has 0 unspecified atom stereocenters. The molecule has 1 amide bonds. The number of phenols is 1. The van der Waals surface area contributed by atoms with Crippen LogP contribution in [-0.2, 0) is 19.1 Å². The molecule has 0 fully saturated rings. The minimum Gasteiger partial charge on any atom is -0.507 e. The average molecular weight is 337 g/mol. The average Bonchev–Trinajstić information content (AvgIpc) is 2.50. The predicted octanol–water partition coefficient (Wildman–Crippen LogP) is 1.56. The molecule has 7 nitrogen and oxygen atoms in total. The quantitative estimate of drug-likeness (QED) is 0.732. The fourth-order valence-corrected chi connectivity index (χ4v) is 2.09. The number of methoxy groups -OCH3 is 1. The first-order valence-corrected chi connectivity index (χ1v) is 7.58. The molecule has 0 heterocycles. The Kier molecular flexibility index (Phi) is 7.23. The molecule has 0 aliphatic heterocycles. The molecular weight excluding hydrogens is 314 g/mol. The van der Waals surface area contributed by atoms with Crippen LogP contribution in [0.1, 0.15) is 36.2 Å². The Hall–Kier alpha value is -2.57. The van der Waals surface area contributed by atoms with Crippen LogP contribution in [0.25, 0.3) is 0 Å². The van der Waals surface area contributed by atoms with Crippen LogP contribution in [0.2, 0.25) is 0 Å². The van der Waals surface area contributed by atoms with Gasteiger partial charge in [-0.2, -0.15) is 0 Å². The van der Waals surface area contributed by atoms with Crippen molar-refractivity contribution in [2.45, 2.75) is 33.2 Å². The zero-order valence-corrected chi connectivity index (χ0v) is 14.3. The topological polar surface area (TPSA) is 102 Å². The maximum absolute atomic E-state index is 11.9. The summed E-state index contributed by atoms with van der Waals surface area (Å²) in [5, 5.41) is 12.2. The van der Waals surface area contributed by atoms with Gasteiger partial charge in [0.25, 0.3) is 5.91 Å². The van der Waals surface area contributed by atoms with Crippen molar-refractivity contribution in [3.63, 3.8) is 0 Å². The number of amides is 1. The van der Waals surface area contributed by atoms with Gasteiger partial charge in [-0.05, 0) is 37.0 Å². The highest BCUT2D eigenvalue weighted by atomic mass is 16.5. The summed E-state index contributed by atoms with van der Waals surface area (Å²) in [5.74, 6) is -2.04. The summed E-state index contributed by atoms with van der Waals surface area (Å²) in [6, 6.07) is 3.69. The SMILES string of the molecule is COC(=O)[C@H](CC(C)C)NC(=O)COC(=O)c1ccc(C)cc1O. The standard InChI is InChI=1S/C17H23NO6/c1-10(2)7-13(17(22)23-4)18-15(20)9-24-16(21)12-6-5-11(3)8-14(12)19/h5-6,8,10,13,19H,7,9H2,1-4H3,(H,18,20)/t13-/m0/s1. The molecule has 0 saturated heterocycles. The summed E-state index contributed by atoms with van der Waals surface area (Å²) in [7, 11) is 1.24. The number of aryl methyl sites for hydroxylation is 1. The molecule has 2 N–H and O–H groups in total. The van der Waals surface area contributed by atoms with E-state index in [1.54, 1.807) is 13.0 Å². The third-order valence-corrected chi connectivity index (χ3v) is 3.24. The summed E-state index contributed by atoms with van der Waals surface area (Å²) in [6.45, 7) is 5.02. The first-order valence-electron chi connectivity index (χ1n) is 7.58. The minimum atomic E-state index is -0.818. The zero-order valence-electron chi connectivity index (χ0n) is 14.3. The number of carbonyl (C=O) groups is 3. The van der Waals surface area contributed by atoms with Gasteiger partial charge in [-0.25, -0.2) is 9.59 Å². The van der Waals surface area contributed by atoms with Crippen molar-refractivity contribution in [3.05, 3.63) is 29.3 Å². The number of aromatic hydroxyl groups is 1. The second-order valence-electron chi connectivity index (χ2n) is 5.87. The Morgan fingerprint density at radius 1 is 1.25 bits per heavy atom. The molecule has 0 radical (unpaired) electrons. The molecule has 132 valence electrons. The van der Waals surface area contributed by atoms with E-state index in [1.807, 2.05) is 13.8 Å². The molecule has 0 aliphatic carbocycles. The molecular formula is C17H23NO6. The Labute approximate surface area is 141 Å². The van der Waals surface area contributed by atoms with E-state index in [-0.39, 0.29) is 17.2 Å². The number of rotatable bonds is 7. The van der Waals surface area contributed by atoms with Crippen molar-refractivity contribution in [1.29, 1.82) is 0 Å². The molecule has 24 heavy (non-hydrogen) atoms. The lowest BCUT2D eigenvalue weighted by molar-refractivity contribution is -0.145. The van der Waals surface area contributed by atoms with Crippen LogP contribution < -0.4 is 5.32 Å². The van der Waals surface area contributed by atoms with E-state index in [1.165, 1.54) is 19.2 Å². The molecule has 1 aromatic carbocycles. The Balaban J connectivity index is 2.60. The van der Waals surface area contributed by atoms with Crippen molar-refractivity contribution in [3.8, 4) is 5.75 Å². The number of benzene rings is 1. The molecule has 1 rings (SSSR count). The highest BCUT2D eigenvalue weighted by Crippen LogP contribution is 2.19. The first-order chi connectivity index (χ1) is 11.2. The van der Waals surface area contributed by atoms with E-state index < -0.39 is 30.5 Å². The third-order valence-electron chi connectivity index (χ3n) is 3.24. The van der Waals surface area contributed by atoms with Crippen LogP contribution in [0.4, 0.5) is 0 Å². The number of ether oxygens (including phenoxy) is 2. The summed E-state index contributed by atoms with van der Waals surface area (Å²) in [5.41, 5.74) is 0.761. The van der Waals surface area contributed by atoms with Crippen LogP contribution in [0.15, 0.2) is 18.2 Å². The zero-order chi connectivity index (χ0) is 18.3. The highest BCUT2D eigenvalue weighted by Gasteiger charge is 2.23. The number of nitrogens with one attached hydrogen (secondary N) is 1. The first kappa shape index (κ1) is 19.5. The summed E-state index contributed by atoms with van der Waals surface area (Å²) >= 11 is 0. The van der Waals surface area contributed by atoms with E-state index in [2.05, 4.69) is 10.1 Å². The van der Waals surface area contributed by atoms with Crippen LogP contribution in [0.5, 0.6) is 5.75 Å². The molecule has 0 aliphatic rings. The van der Waals surface area contributed by atoms with Gasteiger partial charge in [0.05, 0.1) is 7.11 Å². The van der Waals surface area contributed by atoms with E-state index in [0.29, 0.717) is 6.42 Å². The van der Waals surface area contributed by atoms with E-state index in [9.17, 15) is 19.5 Å². The van der Waals surface area contributed by atoms with E-state index >= 15 is 0 Å². The van der Waals surface area contributed by atoms with Crippen LogP contribution in [0.3, 0.4) is 0 Å². The van der Waals surface area contributed by atoms with Gasteiger partial charge in [-0.15, -0.1) is 0 Å². The van der Waals surface area contributed by atoms with Crippen molar-refractivity contribution in [2.75, 3.05) is 13.7 Å². The van der Waals surface area contributed by atoms with Gasteiger partial charge in [0.2, 0.25) is 0 Å². The second-order valence-corrected chi connectivity index (χ2v) is 5.87. The smallest absolute Gasteiger partial charge is 0.342 e. The Morgan fingerprint density at radius 2 is 1.92 bits per heavy atom. The molecule has 0 saturated carbocycles. The Bertz CT molecular complexity index is 611. The lowest BCUT2D eigenvalue weighted by Gasteiger charge is -2.18. The molecule has 1 aromatic rings. The third kappa shape index (κ3) is 5.91. The molecule has 0 bridgehead atoms. The largest absolute Gasteiger partial charge is 0.507 e. The van der Waals surface area contributed by atoms with Gasteiger partial charge in [-0.1, -0.05) is 19.9 Å². The number of hydrogen-bond donors (Lipinski definition) is 2. The minimum absolute atomic E-state index is 0.0277. The fourth-order valence-electron chi connectivity index (χ4n) is 2.09. The van der Waals surface area contributed by atoms with Crippen LogP contribution in [-0.4, -0.2) is 42.7 Å². The highest BCUT2D eigenvalue weighted by molar-refractivity contribution is 5.94. The van der Waals surface area contributed by atoms with Crippen molar-refractivity contribution < 1.29 is 29.0 Å². The van der Waals surface area contributed by atoms with E-state index in [0.717, 1.165) is 5.56 Å². The van der Waals surface area contributed by atoms with Gasteiger partial charge in [0.1, 0.15) is 17.4 Å². The Morgan fingerprint density at radius 3 is 2.46 bits per heavy atom. The van der Waals surface area contributed by atoms with Crippen LogP contribution >= 0.6 is 0 Å². The van der Waals surface area contributed by atoms with Crippen LogP contribution in [0, 0.1) is 12.8 Å². The van der Waals surface area contributed by atoms with Gasteiger partial charge in [-0.3, -0.25) is 4.79 Å². The van der Waals surface area contributed by atoms with Crippen molar-refractivity contribution in [2.24, 2.45) is 5.92 Å².